The van der Waals surface area contributed by atoms with Crippen molar-refractivity contribution in [3.63, 3.8) is 0 Å². The summed E-state index contributed by atoms with van der Waals surface area (Å²) in [6.45, 7) is 9.23. The summed E-state index contributed by atoms with van der Waals surface area (Å²) in [5.41, 5.74) is 9.88. The molecular formula is C36H49N5O7. The van der Waals surface area contributed by atoms with E-state index in [1.165, 1.54) is 5.01 Å². The minimum Gasteiger partial charge on any atom is -0.462 e. The van der Waals surface area contributed by atoms with Crippen molar-refractivity contribution in [2.45, 2.75) is 110 Å². The summed E-state index contributed by atoms with van der Waals surface area (Å²) in [7, 11) is 0. The Morgan fingerprint density at radius 2 is 1.79 bits per heavy atom. The molecule has 1 aromatic heterocycles. The van der Waals surface area contributed by atoms with Gasteiger partial charge in [-0.2, -0.15) is 0 Å². The normalized spacial score (nSPS) is 22.7. The molecule has 2 heterocycles. The van der Waals surface area contributed by atoms with E-state index in [0.717, 1.165) is 28.6 Å². The molecule has 2 fully saturated rings. The van der Waals surface area contributed by atoms with Crippen molar-refractivity contribution in [1.82, 2.24) is 20.7 Å². The minimum atomic E-state index is -1.17. The number of rotatable bonds is 12. The standard InChI is InChI=1S/C36H49N5O7/c1-6-26-13-12-25-11-10-24(21-29(25)39-26)14-17-36(18-15-27(16-19-36)47-30(42)7-2)35(46)48-31(22(3)4)33(44)38-23(5)34(45)41-20-8-9-28(40-41)32(37)43/h10-14,17,21-23,27-28,31,40H,6-9,15-16,18-20H2,1-5H3,(H2,37,43)(H,38,44)/b17-14+. The number of hydrogen-bond acceptors (Lipinski definition) is 9. The van der Waals surface area contributed by atoms with E-state index in [9.17, 15) is 24.0 Å². The number of nitrogens with one attached hydrogen (secondary N) is 2. The van der Waals surface area contributed by atoms with Crippen LogP contribution in [-0.4, -0.2) is 70.5 Å². The lowest BCUT2D eigenvalue weighted by Crippen LogP contribution is -2.60. The van der Waals surface area contributed by atoms with Crippen molar-refractivity contribution in [3.8, 4) is 0 Å². The van der Waals surface area contributed by atoms with Crippen molar-refractivity contribution in [2.75, 3.05) is 6.54 Å². The van der Waals surface area contributed by atoms with E-state index in [0.29, 0.717) is 45.1 Å². The maximum atomic E-state index is 14.1. The van der Waals surface area contributed by atoms with Gasteiger partial charge in [-0.05, 0) is 75.5 Å². The molecule has 1 saturated carbocycles. The number of pyridine rings is 1. The fourth-order valence-corrected chi connectivity index (χ4v) is 6.13. The van der Waals surface area contributed by atoms with Gasteiger partial charge in [0.15, 0.2) is 6.10 Å². The Hall–Kier alpha value is -4.32. The van der Waals surface area contributed by atoms with Crippen LogP contribution < -0.4 is 16.5 Å². The van der Waals surface area contributed by atoms with E-state index in [-0.39, 0.29) is 18.5 Å². The van der Waals surface area contributed by atoms with Crippen LogP contribution >= 0.6 is 0 Å². The first-order chi connectivity index (χ1) is 22.8. The van der Waals surface area contributed by atoms with Gasteiger partial charge in [0.25, 0.3) is 11.8 Å². The molecule has 3 unspecified atom stereocenters. The zero-order valence-electron chi connectivity index (χ0n) is 28.6. The van der Waals surface area contributed by atoms with Gasteiger partial charge in [0, 0.05) is 24.0 Å². The third kappa shape index (κ3) is 8.97. The molecule has 0 radical (unpaired) electrons. The van der Waals surface area contributed by atoms with Crippen LogP contribution in [0.4, 0.5) is 0 Å². The highest BCUT2D eigenvalue weighted by atomic mass is 16.6. The Morgan fingerprint density at radius 1 is 1.08 bits per heavy atom. The van der Waals surface area contributed by atoms with Gasteiger partial charge in [0.05, 0.1) is 10.9 Å². The number of amides is 3. The number of hydrazine groups is 1. The molecule has 260 valence electrons. The summed E-state index contributed by atoms with van der Waals surface area (Å²) in [4.78, 5) is 69.1. The number of benzene rings is 1. The first kappa shape index (κ1) is 36.5. The summed E-state index contributed by atoms with van der Waals surface area (Å²) in [5, 5.41) is 5.01. The first-order valence-corrected chi connectivity index (χ1v) is 17.0. The number of aryl methyl sites for hydroxylation is 1. The highest BCUT2D eigenvalue weighted by Gasteiger charge is 2.44. The minimum absolute atomic E-state index is 0.269. The number of fused-ring (bicyclic) bond motifs is 1. The second kappa shape index (κ2) is 16.2. The van der Waals surface area contributed by atoms with Crippen LogP contribution in [0.5, 0.6) is 0 Å². The van der Waals surface area contributed by atoms with E-state index < -0.39 is 53.2 Å². The lowest BCUT2D eigenvalue weighted by molar-refractivity contribution is -0.170. The smallest absolute Gasteiger partial charge is 0.316 e. The number of carbonyl (C=O) groups excluding carboxylic acids is 5. The van der Waals surface area contributed by atoms with E-state index in [2.05, 4.69) is 17.7 Å². The van der Waals surface area contributed by atoms with Crippen molar-refractivity contribution in [2.24, 2.45) is 17.1 Å². The molecule has 4 rings (SSSR count). The zero-order valence-corrected chi connectivity index (χ0v) is 28.6. The summed E-state index contributed by atoms with van der Waals surface area (Å²) < 4.78 is 11.6. The predicted octanol–water partition coefficient (Wildman–Crippen LogP) is 3.75. The largest absolute Gasteiger partial charge is 0.462 e. The quantitative estimate of drug-likeness (QED) is 0.286. The third-order valence-corrected chi connectivity index (χ3v) is 9.17. The molecule has 3 atom stereocenters. The fraction of sp³-hybridized carbons (Fsp3) is 0.556. The van der Waals surface area contributed by atoms with Crippen LogP contribution in [0.1, 0.15) is 90.8 Å². The zero-order chi connectivity index (χ0) is 35.0. The van der Waals surface area contributed by atoms with Crippen LogP contribution in [0.2, 0.25) is 0 Å². The number of nitrogens with two attached hydrogens (primary N) is 1. The van der Waals surface area contributed by atoms with Crippen molar-refractivity contribution in [1.29, 1.82) is 0 Å². The average Bonchev–Trinajstić information content (AvgIpc) is 3.09. The Balaban J connectivity index is 1.52. The number of hydrogen-bond donors (Lipinski definition) is 3. The molecule has 48 heavy (non-hydrogen) atoms. The van der Waals surface area contributed by atoms with Gasteiger partial charge >= 0.3 is 11.9 Å². The SMILES string of the molecule is CCC(=O)OC1CCC(/C=C/c2ccc3ccc(CC)nc3c2)(C(=O)OC(C(=O)NC(C)C(=O)N2CCCC(C(N)=O)N2)C(C)C)CC1. The van der Waals surface area contributed by atoms with Gasteiger partial charge in [0.2, 0.25) is 5.91 Å². The molecule has 1 aromatic carbocycles. The lowest BCUT2D eigenvalue weighted by atomic mass is 9.72. The van der Waals surface area contributed by atoms with Crippen LogP contribution in [0.25, 0.3) is 17.0 Å². The number of esters is 2. The first-order valence-electron chi connectivity index (χ1n) is 17.0. The number of primary amides is 1. The summed E-state index contributed by atoms with van der Waals surface area (Å²) in [5.74, 6) is -2.82. The highest BCUT2D eigenvalue weighted by molar-refractivity contribution is 5.91. The number of nitrogens with zero attached hydrogens (tertiary/aromatic N) is 2. The van der Waals surface area contributed by atoms with Gasteiger partial charge in [0.1, 0.15) is 18.2 Å². The van der Waals surface area contributed by atoms with Crippen molar-refractivity contribution >= 4 is 46.6 Å². The lowest BCUT2D eigenvalue weighted by Gasteiger charge is -2.37. The molecule has 12 heteroatoms. The second-order valence-electron chi connectivity index (χ2n) is 13.2. The van der Waals surface area contributed by atoms with Crippen molar-refractivity contribution < 1.29 is 33.4 Å². The molecule has 0 bridgehead atoms. The number of aromatic nitrogens is 1. The Bertz CT molecular complexity index is 1530. The van der Waals surface area contributed by atoms with E-state index in [1.54, 1.807) is 27.7 Å². The fourth-order valence-electron chi connectivity index (χ4n) is 6.13. The number of ether oxygens (including phenoxy) is 2. The second-order valence-corrected chi connectivity index (χ2v) is 13.2. The number of carbonyl (C=O) groups is 5. The Labute approximate surface area is 282 Å². The molecule has 2 aromatic rings. The van der Waals surface area contributed by atoms with Gasteiger partial charge < -0.3 is 20.5 Å². The van der Waals surface area contributed by atoms with E-state index in [4.69, 9.17) is 20.2 Å². The van der Waals surface area contributed by atoms with E-state index in [1.807, 2.05) is 42.5 Å². The highest BCUT2D eigenvalue weighted by Crippen LogP contribution is 2.41. The molecule has 12 nitrogen and oxygen atoms in total. The molecule has 2 aliphatic rings. The van der Waals surface area contributed by atoms with Crippen LogP contribution in [0, 0.1) is 11.3 Å². The molecule has 1 saturated heterocycles. The van der Waals surface area contributed by atoms with Crippen LogP contribution in [-0.2, 0) is 39.9 Å². The molecular weight excluding hydrogens is 614 g/mol. The van der Waals surface area contributed by atoms with Gasteiger partial charge in [-0.3, -0.25) is 34.0 Å². The Morgan fingerprint density at radius 3 is 2.44 bits per heavy atom. The average molecular weight is 664 g/mol. The monoisotopic (exact) mass is 663 g/mol. The van der Waals surface area contributed by atoms with Gasteiger partial charge in [-0.15, -0.1) is 0 Å². The third-order valence-electron chi connectivity index (χ3n) is 9.17. The topological polar surface area (TPSA) is 170 Å². The van der Waals surface area contributed by atoms with Gasteiger partial charge in [-0.1, -0.05) is 58.0 Å². The maximum absolute atomic E-state index is 14.1. The predicted molar refractivity (Wildman–Crippen MR) is 181 cm³/mol. The van der Waals surface area contributed by atoms with Crippen molar-refractivity contribution in [3.05, 3.63) is 47.7 Å². The van der Waals surface area contributed by atoms with E-state index >= 15 is 0 Å². The molecule has 4 N–H and O–H groups in total. The van der Waals surface area contributed by atoms with Crippen LogP contribution in [0.3, 0.4) is 0 Å². The maximum Gasteiger partial charge on any atom is 0.316 e. The summed E-state index contributed by atoms with van der Waals surface area (Å²) in [6, 6.07) is 8.36. The summed E-state index contributed by atoms with van der Waals surface area (Å²) >= 11 is 0. The molecule has 0 spiro atoms. The molecule has 1 aliphatic carbocycles. The van der Waals surface area contributed by atoms with Crippen LogP contribution in [0.15, 0.2) is 36.4 Å². The summed E-state index contributed by atoms with van der Waals surface area (Å²) in [6.07, 6.45) is 6.08. The van der Waals surface area contributed by atoms with Gasteiger partial charge in [-0.25, -0.2) is 5.43 Å². The molecule has 1 aliphatic heterocycles. The Kier molecular flexibility index (Phi) is 12.3. The molecule has 3 amide bonds.